The van der Waals surface area contributed by atoms with Crippen LogP contribution in [0.25, 0.3) is 0 Å². The lowest BCUT2D eigenvalue weighted by Gasteiger charge is -2.20. The minimum absolute atomic E-state index is 0.843. The molecule has 2 aromatic heterocycles. The standard InChI is InChI=1S/C12H16BrN3S/c1-9-11(6-13)12(16(3)14-9)15(2)7-10-4-5-17-8-10/h4-5,8H,6-7H2,1-3H3. The second kappa shape index (κ2) is 5.23. The van der Waals surface area contributed by atoms with Gasteiger partial charge in [0.05, 0.1) is 5.69 Å². The molecular formula is C12H16BrN3S. The van der Waals surface area contributed by atoms with E-state index in [1.807, 2.05) is 11.7 Å². The number of aryl methyl sites for hydroxylation is 2. The average Bonchev–Trinajstić information content (AvgIpc) is 2.85. The first-order valence-electron chi connectivity index (χ1n) is 5.44. The summed E-state index contributed by atoms with van der Waals surface area (Å²) in [4.78, 5) is 2.25. The van der Waals surface area contributed by atoms with Gasteiger partial charge in [-0.3, -0.25) is 4.68 Å². The van der Waals surface area contributed by atoms with Gasteiger partial charge in [0, 0.05) is 31.5 Å². The largest absolute Gasteiger partial charge is 0.355 e. The van der Waals surface area contributed by atoms with E-state index < -0.39 is 0 Å². The summed E-state index contributed by atoms with van der Waals surface area (Å²) >= 11 is 5.28. The van der Waals surface area contributed by atoms with Crippen LogP contribution < -0.4 is 4.90 Å². The van der Waals surface area contributed by atoms with Gasteiger partial charge in [-0.15, -0.1) is 0 Å². The quantitative estimate of drug-likeness (QED) is 0.807. The van der Waals surface area contributed by atoms with Crippen molar-refractivity contribution in [3.63, 3.8) is 0 Å². The SMILES string of the molecule is Cc1nn(C)c(N(C)Cc2ccsc2)c1CBr. The molecule has 0 bridgehead atoms. The van der Waals surface area contributed by atoms with Gasteiger partial charge in [0.2, 0.25) is 0 Å². The van der Waals surface area contributed by atoms with Crippen molar-refractivity contribution in [2.45, 2.75) is 18.8 Å². The number of aromatic nitrogens is 2. The molecule has 0 spiro atoms. The van der Waals surface area contributed by atoms with Crippen LogP contribution >= 0.6 is 27.3 Å². The maximum atomic E-state index is 4.48. The second-order valence-corrected chi connectivity index (χ2v) is 5.47. The van der Waals surface area contributed by atoms with Crippen molar-refractivity contribution in [3.05, 3.63) is 33.6 Å². The third-order valence-corrected chi connectivity index (χ3v) is 4.10. The van der Waals surface area contributed by atoms with E-state index in [0.29, 0.717) is 0 Å². The van der Waals surface area contributed by atoms with Crippen molar-refractivity contribution >= 4 is 33.1 Å². The lowest BCUT2D eigenvalue weighted by Crippen LogP contribution is -2.20. The van der Waals surface area contributed by atoms with Gasteiger partial charge in [-0.25, -0.2) is 0 Å². The van der Waals surface area contributed by atoms with Crippen molar-refractivity contribution in [1.82, 2.24) is 9.78 Å². The Kier molecular flexibility index (Phi) is 3.89. The third-order valence-electron chi connectivity index (χ3n) is 2.81. The van der Waals surface area contributed by atoms with Crippen molar-refractivity contribution in [2.75, 3.05) is 11.9 Å². The minimum Gasteiger partial charge on any atom is -0.355 e. The molecule has 92 valence electrons. The molecule has 0 saturated heterocycles. The highest BCUT2D eigenvalue weighted by Crippen LogP contribution is 2.26. The smallest absolute Gasteiger partial charge is 0.130 e. The van der Waals surface area contributed by atoms with Crippen LogP contribution in [0.1, 0.15) is 16.8 Å². The molecule has 5 heteroatoms. The number of anilines is 1. The normalized spacial score (nSPS) is 10.8. The first kappa shape index (κ1) is 12.6. The number of hydrogen-bond acceptors (Lipinski definition) is 3. The predicted molar refractivity (Wildman–Crippen MR) is 77.0 cm³/mol. The van der Waals surface area contributed by atoms with E-state index >= 15 is 0 Å². The van der Waals surface area contributed by atoms with E-state index in [1.54, 1.807) is 11.3 Å². The monoisotopic (exact) mass is 313 g/mol. The van der Waals surface area contributed by atoms with Gasteiger partial charge in [0.1, 0.15) is 5.82 Å². The number of thiophene rings is 1. The van der Waals surface area contributed by atoms with E-state index in [1.165, 1.54) is 16.9 Å². The topological polar surface area (TPSA) is 21.1 Å². The fourth-order valence-electron chi connectivity index (χ4n) is 2.06. The van der Waals surface area contributed by atoms with Crippen LogP contribution in [-0.2, 0) is 18.9 Å². The van der Waals surface area contributed by atoms with Gasteiger partial charge in [-0.2, -0.15) is 16.4 Å². The molecule has 0 unspecified atom stereocenters. The van der Waals surface area contributed by atoms with Crippen LogP contribution in [0.3, 0.4) is 0 Å². The van der Waals surface area contributed by atoms with E-state index in [4.69, 9.17) is 0 Å². The number of nitrogens with zero attached hydrogens (tertiary/aromatic N) is 3. The summed E-state index contributed by atoms with van der Waals surface area (Å²) in [6.07, 6.45) is 0. The molecule has 0 aliphatic rings. The average molecular weight is 314 g/mol. The molecule has 0 radical (unpaired) electrons. The molecule has 0 saturated carbocycles. The lowest BCUT2D eigenvalue weighted by molar-refractivity contribution is 0.726. The van der Waals surface area contributed by atoms with Crippen LogP contribution in [-0.4, -0.2) is 16.8 Å². The lowest BCUT2D eigenvalue weighted by atomic mass is 10.2. The Morgan fingerprint density at radius 1 is 1.53 bits per heavy atom. The fraction of sp³-hybridized carbons (Fsp3) is 0.417. The summed E-state index contributed by atoms with van der Waals surface area (Å²) in [5.74, 6) is 1.19. The Morgan fingerprint density at radius 3 is 2.88 bits per heavy atom. The maximum absolute atomic E-state index is 4.48. The molecule has 2 heterocycles. The zero-order valence-electron chi connectivity index (χ0n) is 10.3. The number of alkyl halides is 1. The summed E-state index contributed by atoms with van der Waals surface area (Å²) in [6.45, 7) is 2.97. The molecule has 0 N–H and O–H groups in total. The van der Waals surface area contributed by atoms with Gasteiger partial charge in [-0.1, -0.05) is 15.9 Å². The van der Waals surface area contributed by atoms with Crippen LogP contribution in [0.4, 0.5) is 5.82 Å². The molecule has 0 aliphatic carbocycles. The maximum Gasteiger partial charge on any atom is 0.130 e. The van der Waals surface area contributed by atoms with E-state index in [0.717, 1.165) is 17.6 Å². The molecule has 0 fully saturated rings. The minimum atomic E-state index is 0.843. The molecular weight excluding hydrogens is 298 g/mol. The van der Waals surface area contributed by atoms with E-state index in [-0.39, 0.29) is 0 Å². The molecule has 0 aliphatic heterocycles. The zero-order chi connectivity index (χ0) is 12.4. The summed E-state index contributed by atoms with van der Waals surface area (Å²) in [5, 5.41) is 9.63. The summed E-state index contributed by atoms with van der Waals surface area (Å²) in [7, 11) is 4.11. The van der Waals surface area contributed by atoms with Crippen LogP contribution in [0.15, 0.2) is 16.8 Å². The van der Waals surface area contributed by atoms with Crippen LogP contribution in [0.2, 0.25) is 0 Å². The molecule has 17 heavy (non-hydrogen) atoms. The Balaban J connectivity index is 2.27. The first-order valence-corrected chi connectivity index (χ1v) is 7.50. The zero-order valence-corrected chi connectivity index (χ0v) is 12.7. The Labute approximate surface area is 114 Å². The fourth-order valence-corrected chi connectivity index (χ4v) is 3.37. The molecule has 0 aromatic carbocycles. The van der Waals surface area contributed by atoms with Crippen molar-refractivity contribution in [1.29, 1.82) is 0 Å². The first-order chi connectivity index (χ1) is 8.13. The highest BCUT2D eigenvalue weighted by Gasteiger charge is 2.16. The molecule has 2 aromatic rings. The highest BCUT2D eigenvalue weighted by molar-refractivity contribution is 9.08. The number of hydrogen-bond donors (Lipinski definition) is 0. The Morgan fingerprint density at radius 2 is 2.29 bits per heavy atom. The van der Waals surface area contributed by atoms with Gasteiger partial charge in [0.25, 0.3) is 0 Å². The molecule has 3 nitrogen and oxygen atoms in total. The molecule has 0 atom stereocenters. The predicted octanol–water partition coefficient (Wildman–Crippen LogP) is 3.32. The van der Waals surface area contributed by atoms with Crippen molar-refractivity contribution in [3.8, 4) is 0 Å². The number of rotatable bonds is 4. The number of halogens is 1. The van der Waals surface area contributed by atoms with E-state index in [2.05, 4.69) is 56.7 Å². The van der Waals surface area contributed by atoms with Gasteiger partial charge in [0.15, 0.2) is 0 Å². The van der Waals surface area contributed by atoms with Gasteiger partial charge < -0.3 is 4.90 Å². The van der Waals surface area contributed by atoms with E-state index in [9.17, 15) is 0 Å². The highest BCUT2D eigenvalue weighted by atomic mass is 79.9. The molecule has 0 amide bonds. The molecule has 2 rings (SSSR count). The summed E-state index contributed by atoms with van der Waals surface area (Å²) < 4.78 is 1.96. The Bertz CT molecular complexity index is 490. The van der Waals surface area contributed by atoms with Gasteiger partial charge in [-0.05, 0) is 29.3 Å². The van der Waals surface area contributed by atoms with Gasteiger partial charge >= 0.3 is 0 Å². The van der Waals surface area contributed by atoms with Crippen LogP contribution in [0, 0.1) is 6.92 Å². The van der Waals surface area contributed by atoms with Crippen molar-refractivity contribution < 1.29 is 0 Å². The van der Waals surface area contributed by atoms with Crippen molar-refractivity contribution in [2.24, 2.45) is 7.05 Å². The second-order valence-electron chi connectivity index (χ2n) is 4.13. The third kappa shape index (κ3) is 2.55. The summed E-state index contributed by atoms with van der Waals surface area (Å²) in [6, 6.07) is 2.16. The van der Waals surface area contributed by atoms with Crippen LogP contribution in [0.5, 0.6) is 0 Å². The summed E-state index contributed by atoms with van der Waals surface area (Å²) in [5.41, 5.74) is 3.71. The Hall–Kier alpha value is -0.810.